The fourth-order valence-electron chi connectivity index (χ4n) is 3.69. The van der Waals surface area contributed by atoms with E-state index in [0.29, 0.717) is 18.6 Å². The van der Waals surface area contributed by atoms with Gasteiger partial charge in [0.2, 0.25) is 0 Å². The van der Waals surface area contributed by atoms with Crippen molar-refractivity contribution >= 4 is 60.8 Å². The zero-order valence-corrected chi connectivity index (χ0v) is 24.3. The Morgan fingerprint density at radius 1 is 1.03 bits per heavy atom. The number of hydrogen-bond acceptors (Lipinski definition) is 9. The highest BCUT2D eigenvalue weighted by Crippen LogP contribution is 2.22. The maximum Gasteiger partial charge on any atom is 0.308 e. The zero-order valence-electron chi connectivity index (χ0n) is 21.1. The first-order valence-corrected chi connectivity index (χ1v) is 13.5. The molecule has 0 aliphatic carbocycles. The Kier molecular flexibility index (Phi) is 9.24. The molecule has 0 unspecified atom stereocenters. The summed E-state index contributed by atoms with van der Waals surface area (Å²) in [5, 5.41) is 15.1. The molecule has 0 fully saturated rings. The van der Waals surface area contributed by atoms with Crippen molar-refractivity contribution in [1.82, 2.24) is 34.2 Å². The summed E-state index contributed by atoms with van der Waals surface area (Å²) in [6, 6.07) is 7.70. The van der Waals surface area contributed by atoms with Gasteiger partial charge in [0.1, 0.15) is 11.6 Å². The van der Waals surface area contributed by atoms with Crippen LogP contribution < -0.4 is 10.6 Å². The number of esters is 1. The molecule has 0 spiro atoms. The molecule has 11 nitrogen and oxygen atoms in total. The summed E-state index contributed by atoms with van der Waals surface area (Å²) in [4.78, 5) is 24.6. The van der Waals surface area contributed by atoms with Gasteiger partial charge in [0.05, 0.1) is 34.4 Å². The van der Waals surface area contributed by atoms with Gasteiger partial charge in [0.15, 0.2) is 11.3 Å². The maximum absolute atomic E-state index is 11.7. The molecule has 0 saturated heterocycles. The number of nitrogens with one attached hydrogen (secondary N) is 2. The first kappa shape index (κ1) is 27.5. The van der Waals surface area contributed by atoms with Gasteiger partial charge in [-0.1, -0.05) is 13.0 Å². The van der Waals surface area contributed by atoms with E-state index in [4.69, 9.17) is 4.74 Å². The third kappa shape index (κ3) is 6.45. The second-order valence-electron chi connectivity index (χ2n) is 8.29. The maximum atomic E-state index is 11.7. The predicted molar refractivity (Wildman–Crippen MR) is 152 cm³/mol. The number of carbonyl (C=O) groups excluding carboxylic acids is 1. The third-order valence-electron chi connectivity index (χ3n) is 5.51. The largest absolute Gasteiger partial charge is 0.469 e. The van der Waals surface area contributed by atoms with Crippen molar-refractivity contribution in [3.05, 3.63) is 75.5 Å². The summed E-state index contributed by atoms with van der Waals surface area (Å²) in [6.07, 6.45) is 9.24. The van der Waals surface area contributed by atoms with Gasteiger partial charge >= 0.3 is 5.97 Å². The van der Waals surface area contributed by atoms with E-state index >= 15 is 0 Å². The molecule has 0 aliphatic rings. The Morgan fingerprint density at radius 2 is 1.76 bits per heavy atom. The topological polar surface area (TPSA) is 124 Å². The van der Waals surface area contributed by atoms with Crippen LogP contribution in [0.15, 0.2) is 64.2 Å². The zero-order chi connectivity index (χ0) is 27.1. The number of ether oxygens (including phenoxy) is 1. The molecule has 5 aromatic heterocycles. The monoisotopic (exact) mass is 643 g/mol. The summed E-state index contributed by atoms with van der Waals surface area (Å²) in [7, 11) is 1.39. The van der Waals surface area contributed by atoms with Gasteiger partial charge in [-0.15, -0.1) is 0 Å². The standard InChI is InChI=1S/C17H18BrN5O2.C8H9BrN4/c1-11(17(24)25-2)6-13-7-15(20-9-12-4-3-5-19-8-12)23-16(22-13)14(18)10-21-23;1-2-10-7-3-4-11-8-6(9)5-12-13(7)8/h3-5,7-8,10-11,20H,6,9H2,1-2H3;3-5,10H,2H2,1H3/t11-;/m0./s1. The number of rotatable bonds is 8. The highest BCUT2D eigenvalue weighted by Gasteiger charge is 2.17. The van der Waals surface area contributed by atoms with Crippen LogP contribution in [0.25, 0.3) is 11.3 Å². The van der Waals surface area contributed by atoms with Gasteiger partial charge in [0, 0.05) is 49.9 Å². The molecule has 38 heavy (non-hydrogen) atoms. The van der Waals surface area contributed by atoms with Gasteiger partial charge in [-0.2, -0.15) is 19.2 Å². The normalized spacial score (nSPS) is 11.6. The molecule has 0 radical (unpaired) electrons. The molecule has 2 N–H and O–H groups in total. The minimum absolute atomic E-state index is 0.251. The van der Waals surface area contributed by atoms with E-state index in [1.807, 2.05) is 44.3 Å². The van der Waals surface area contributed by atoms with Crippen molar-refractivity contribution < 1.29 is 9.53 Å². The van der Waals surface area contributed by atoms with Gasteiger partial charge < -0.3 is 15.4 Å². The fraction of sp³-hybridized carbons (Fsp3) is 0.280. The minimum Gasteiger partial charge on any atom is -0.469 e. The Morgan fingerprint density at radius 3 is 2.45 bits per heavy atom. The molecule has 0 bridgehead atoms. The fourth-order valence-corrected chi connectivity index (χ4v) is 4.40. The number of nitrogens with zero attached hydrogens (tertiary/aromatic N) is 7. The molecular weight excluding hydrogens is 618 g/mol. The van der Waals surface area contributed by atoms with Crippen LogP contribution in [0, 0.1) is 5.92 Å². The number of aromatic nitrogens is 7. The number of hydrogen-bond donors (Lipinski definition) is 2. The Hall–Kier alpha value is -3.58. The lowest BCUT2D eigenvalue weighted by Gasteiger charge is -2.13. The lowest BCUT2D eigenvalue weighted by atomic mass is 10.1. The molecule has 5 heterocycles. The van der Waals surface area contributed by atoms with E-state index in [-0.39, 0.29) is 11.9 Å². The molecule has 5 rings (SSSR count). The number of fused-ring (bicyclic) bond motifs is 2. The van der Waals surface area contributed by atoms with E-state index in [9.17, 15) is 4.79 Å². The predicted octanol–water partition coefficient (Wildman–Crippen LogP) is 4.77. The first-order valence-electron chi connectivity index (χ1n) is 11.9. The molecular formula is C25H27Br2N9O2. The number of halogens is 2. The number of methoxy groups -OCH3 is 1. The van der Waals surface area contributed by atoms with E-state index in [1.165, 1.54) is 7.11 Å². The molecule has 13 heteroatoms. The van der Waals surface area contributed by atoms with Gasteiger partial charge in [-0.05, 0) is 56.5 Å². The smallest absolute Gasteiger partial charge is 0.308 e. The van der Waals surface area contributed by atoms with Crippen LogP contribution in [-0.2, 0) is 22.5 Å². The van der Waals surface area contributed by atoms with Crippen molar-refractivity contribution in [2.24, 2.45) is 5.92 Å². The lowest BCUT2D eigenvalue weighted by Crippen LogP contribution is -2.16. The van der Waals surface area contributed by atoms with E-state index in [2.05, 4.69) is 67.6 Å². The summed E-state index contributed by atoms with van der Waals surface area (Å²) in [5.74, 6) is 1.23. The molecule has 5 aromatic rings. The van der Waals surface area contributed by atoms with Crippen LogP contribution in [-0.4, -0.2) is 53.8 Å². The number of anilines is 2. The van der Waals surface area contributed by atoms with Crippen molar-refractivity contribution in [3.63, 3.8) is 0 Å². The van der Waals surface area contributed by atoms with Crippen LogP contribution in [0.4, 0.5) is 11.6 Å². The van der Waals surface area contributed by atoms with Crippen molar-refractivity contribution in [3.8, 4) is 0 Å². The lowest BCUT2D eigenvalue weighted by molar-refractivity contribution is -0.144. The highest BCUT2D eigenvalue weighted by molar-refractivity contribution is 9.11. The minimum atomic E-state index is -0.271. The Labute approximate surface area is 236 Å². The molecule has 0 aromatic carbocycles. The van der Waals surface area contributed by atoms with Crippen molar-refractivity contribution in [2.75, 3.05) is 24.3 Å². The van der Waals surface area contributed by atoms with Crippen molar-refractivity contribution in [2.45, 2.75) is 26.8 Å². The van der Waals surface area contributed by atoms with E-state index in [0.717, 1.165) is 44.0 Å². The number of carbonyl (C=O) groups is 1. The first-order chi connectivity index (χ1) is 18.4. The summed E-state index contributed by atoms with van der Waals surface area (Å²) in [5.41, 5.74) is 3.38. The summed E-state index contributed by atoms with van der Waals surface area (Å²) >= 11 is 6.84. The third-order valence-corrected chi connectivity index (χ3v) is 6.63. The molecule has 1 atom stereocenters. The van der Waals surface area contributed by atoms with Crippen molar-refractivity contribution in [1.29, 1.82) is 0 Å². The summed E-state index contributed by atoms with van der Waals surface area (Å²) in [6.45, 7) is 5.35. The quantitative estimate of drug-likeness (QED) is 0.230. The van der Waals surface area contributed by atoms with Crippen LogP contribution in [0.2, 0.25) is 0 Å². The molecule has 198 valence electrons. The summed E-state index contributed by atoms with van der Waals surface area (Å²) < 4.78 is 10.0. The molecule has 0 saturated carbocycles. The Balaban J connectivity index is 0.000000216. The van der Waals surface area contributed by atoms with Gasteiger partial charge in [-0.25, -0.2) is 9.97 Å². The molecule has 0 aliphatic heterocycles. The van der Waals surface area contributed by atoms with Crippen LogP contribution in [0.5, 0.6) is 0 Å². The average molecular weight is 645 g/mol. The highest BCUT2D eigenvalue weighted by atomic mass is 79.9. The second kappa shape index (κ2) is 12.8. The van der Waals surface area contributed by atoms with E-state index in [1.54, 1.807) is 33.8 Å². The van der Waals surface area contributed by atoms with Gasteiger partial charge in [0.25, 0.3) is 0 Å². The SMILES string of the molecule is CCNc1ccnc2c(Br)cnn12.COC(=O)[C@@H](C)Cc1cc(NCc2cccnc2)n2ncc(Br)c2n1. The van der Waals surface area contributed by atoms with Crippen LogP contribution >= 0.6 is 31.9 Å². The number of pyridine rings is 1. The Bertz CT molecular complexity index is 1520. The average Bonchev–Trinajstić information content (AvgIpc) is 3.51. The molecule has 0 amide bonds. The second-order valence-corrected chi connectivity index (χ2v) is 10.0. The van der Waals surface area contributed by atoms with E-state index < -0.39 is 0 Å². The van der Waals surface area contributed by atoms with Crippen LogP contribution in [0.1, 0.15) is 25.1 Å². The van der Waals surface area contributed by atoms with Gasteiger partial charge in [-0.3, -0.25) is 9.78 Å². The van der Waals surface area contributed by atoms with Crippen LogP contribution in [0.3, 0.4) is 0 Å².